The van der Waals surface area contributed by atoms with Crippen LogP contribution in [0.5, 0.6) is 0 Å². The first-order valence-corrected chi connectivity index (χ1v) is 8.76. The lowest BCUT2D eigenvalue weighted by molar-refractivity contribution is -0.132. The Kier molecular flexibility index (Phi) is 4.97. The fraction of sp³-hybridized carbons (Fsp3) is 0.500. The van der Waals surface area contributed by atoms with Crippen LogP contribution in [0, 0.1) is 0 Å². The van der Waals surface area contributed by atoms with Gasteiger partial charge in [0, 0.05) is 38.6 Å². The van der Waals surface area contributed by atoms with Gasteiger partial charge in [-0.3, -0.25) is 4.79 Å². The highest BCUT2D eigenvalue weighted by Crippen LogP contribution is 2.16. The highest BCUT2D eigenvalue weighted by Gasteiger charge is 2.26. The van der Waals surface area contributed by atoms with Crippen molar-refractivity contribution in [1.82, 2.24) is 9.21 Å². The van der Waals surface area contributed by atoms with Crippen molar-refractivity contribution in [2.24, 2.45) is 5.73 Å². The molecule has 1 saturated heterocycles. The van der Waals surface area contributed by atoms with Crippen LogP contribution in [0.15, 0.2) is 30.3 Å². The second kappa shape index (κ2) is 6.55. The lowest BCUT2D eigenvalue weighted by Gasteiger charge is -2.33. The van der Waals surface area contributed by atoms with E-state index in [0.29, 0.717) is 26.2 Å². The number of carbonyl (C=O) groups excluding carboxylic acids is 1. The van der Waals surface area contributed by atoms with E-state index in [-0.39, 0.29) is 18.4 Å². The van der Waals surface area contributed by atoms with Crippen LogP contribution < -0.4 is 5.73 Å². The summed E-state index contributed by atoms with van der Waals surface area (Å²) in [5.74, 6) is -0.0282. The van der Waals surface area contributed by atoms with Crippen molar-refractivity contribution in [2.45, 2.75) is 12.5 Å². The molecule has 2 N–H and O–H groups in total. The van der Waals surface area contributed by atoms with E-state index in [1.54, 1.807) is 4.90 Å². The van der Waals surface area contributed by atoms with Gasteiger partial charge in [0.15, 0.2) is 0 Å². The second-order valence-electron chi connectivity index (χ2n) is 5.26. The van der Waals surface area contributed by atoms with Crippen LogP contribution in [0.4, 0.5) is 0 Å². The van der Waals surface area contributed by atoms with Crippen molar-refractivity contribution in [3.8, 4) is 0 Å². The zero-order valence-electron chi connectivity index (χ0n) is 12.1. The van der Waals surface area contributed by atoms with E-state index in [1.165, 1.54) is 10.6 Å². The van der Waals surface area contributed by atoms with Crippen LogP contribution in [0.2, 0.25) is 0 Å². The Morgan fingerprint density at radius 1 is 1.19 bits per heavy atom. The van der Waals surface area contributed by atoms with E-state index in [4.69, 9.17) is 5.73 Å². The van der Waals surface area contributed by atoms with E-state index in [1.807, 2.05) is 30.3 Å². The lowest BCUT2D eigenvalue weighted by atomic mass is 10.0. The van der Waals surface area contributed by atoms with Crippen molar-refractivity contribution >= 4 is 15.9 Å². The van der Waals surface area contributed by atoms with Gasteiger partial charge in [0.2, 0.25) is 15.9 Å². The average Bonchev–Trinajstić information content (AvgIpc) is 2.47. The summed E-state index contributed by atoms with van der Waals surface area (Å²) < 4.78 is 24.3. The number of carbonyl (C=O) groups is 1. The molecule has 7 heteroatoms. The van der Waals surface area contributed by atoms with Gasteiger partial charge in [-0.15, -0.1) is 0 Å². The first-order valence-electron chi connectivity index (χ1n) is 6.91. The Hall–Kier alpha value is -1.44. The van der Waals surface area contributed by atoms with Gasteiger partial charge in [-0.1, -0.05) is 30.3 Å². The van der Waals surface area contributed by atoms with Gasteiger partial charge in [-0.2, -0.15) is 4.31 Å². The number of rotatable bonds is 4. The number of nitrogens with zero attached hydrogens (tertiary/aromatic N) is 2. The maximum absolute atomic E-state index is 12.2. The van der Waals surface area contributed by atoms with Crippen molar-refractivity contribution < 1.29 is 13.2 Å². The summed E-state index contributed by atoms with van der Waals surface area (Å²) in [7, 11) is -3.17. The average molecular weight is 311 g/mol. The van der Waals surface area contributed by atoms with Crippen LogP contribution in [-0.4, -0.2) is 56.0 Å². The molecule has 0 saturated carbocycles. The minimum Gasteiger partial charge on any atom is -0.340 e. The number of piperazine rings is 1. The molecule has 0 radical (unpaired) electrons. The van der Waals surface area contributed by atoms with Crippen molar-refractivity contribution in [3.63, 3.8) is 0 Å². The molecular formula is C14H21N3O3S. The molecule has 1 fully saturated rings. The quantitative estimate of drug-likeness (QED) is 0.860. The normalized spacial score (nSPS) is 18.5. The molecule has 0 spiro atoms. The molecule has 21 heavy (non-hydrogen) atoms. The number of nitrogens with two attached hydrogens (primary N) is 1. The Morgan fingerprint density at radius 3 is 2.29 bits per heavy atom. The zero-order valence-corrected chi connectivity index (χ0v) is 12.9. The molecule has 0 bridgehead atoms. The lowest BCUT2D eigenvalue weighted by Crippen LogP contribution is -2.50. The molecule has 1 amide bonds. The molecule has 1 aliphatic rings. The van der Waals surface area contributed by atoms with E-state index in [2.05, 4.69) is 0 Å². The Bertz CT molecular complexity index is 581. The summed E-state index contributed by atoms with van der Waals surface area (Å²) >= 11 is 0. The summed E-state index contributed by atoms with van der Waals surface area (Å²) in [5, 5.41) is 0. The van der Waals surface area contributed by atoms with Crippen LogP contribution >= 0.6 is 0 Å². The zero-order chi connectivity index (χ0) is 15.5. The molecule has 1 unspecified atom stereocenters. The highest BCUT2D eigenvalue weighted by molar-refractivity contribution is 7.88. The largest absolute Gasteiger partial charge is 0.340 e. The number of benzene rings is 1. The van der Waals surface area contributed by atoms with E-state index in [9.17, 15) is 13.2 Å². The second-order valence-corrected chi connectivity index (χ2v) is 7.25. The van der Waals surface area contributed by atoms with Gasteiger partial charge >= 0.3 is 0 Å². The Labute approximate surface area is 125 Å². The molecule has 6 nitrogen and oxygen atoms in total. The minimum atomic E-state index is -3.17. The first-order chi connectivity index (χ1) is 9.88. The predicted octanol–water partition coefficient (Wildman–Crippen LogP) is 0.180. The number of hydrogen-bond acceptors (Lipinski definition) is 4. The standard InChI is InChI=1S/C14H21N3O3S/c1-21(19,20)17-9-7-16(8-10-17)14(18)11-13(15)12-5-3-2-4-6-12/h2-6,13H,7-11,15H2,1H3. The molecule has 1 heterocycles. The summed E-state index contributed by atoms with van der Waals surface area (Å²) in [5.41, 5.74) is 6.98. The molecule has 1 atom stereocenters. The Balaban J connectivity index is 1.88. The smallest absolute Gasteiger partial charge is 0.224 e. The fourth-order valence-corrected chi connectivity index (χ4v) is 3.23. The van der Waals surface area contributed by atoms with Crippen molar-refractivity contribution in [2.75, 3.05) is 32.4 Å². The van der Waals surface area contributed by atoms with Gasteiger partial charge in [0.25, 0.3) is 0 Å². The van der Waals surface area contributed by atoms with E-state index < -0.39 is 10.0 Å². The van der Waals surface area contributed by atoms with E-state index >= 15 is 0 Å². The molecule has 1 aromatic rings. The van der Waals surface area contributed by atoms with Crippen LogP contribution in [0.3, 0.4) is 0 Å². The molecule has 1 aromatic carbocycles. The third-order valence-electron chi connectivity index (χ3n) is 3.68. The van der Waals surface area contributed by atoms with Gasteiger partial charge in [0.1, 0.15) is 0 Å². The van der Waals surface area contributed by atoms with E-state index in [0.717, 1.165) is 5.56 Å². The molecule has 1 aliphatic heterocycles. The SMILES string of the molecule is CS(=O)(=O)N1CCN(C(=O)CC(N)c2ccccc2)CC1. The third-order valence-corrected chi connectivity index (χ3v) is 4.99. The maximum atomic E-state index is 12.2. The van der Waals surface area contributed by atoms with Crippen LogP contribution in [0.25, 0.3) is 0 Å². The summed E-state index contributed by atoms with van der Waals surface area (Å²) in [4.78, 5) is 13.9. The third kappa shape index (κ3) is 4.26. The van der Waals surface area contributed by atoms with Crippen molar-refractivity contribution in [3.05, 3.63) is 35.9 Å². The molecule has 0 aliphatic carbocycles. The topological polar surface area (TPSA) is 83.7 Å². The summed E-state index contributed by atoms with van der Waals surface area (Å²) in [6.07, 6.45) is 1.43. The minimum absolute atomic E-state index is 0.0282. The molecule has 0 aromatic heterocycles. The van der Waals surface area contributed by atoms with Gasteiger partial charge in [-0.05, 0) is 5.56 Å². The number of hydrogen-bond donors (Lipinski definition) is 1. The monoisotopic (exact) mass is 311 g/mol. The molecule has 2 rings (SSSR count). The highest BCUT2D eigenvalue weighted by atomic mass is 32.2. The predicted molar refractivity (Wildman–Crippen MR) is 81.0 cm³/mol. The van der Waals surface area contributed by atoms with Crippen molar-refractivity contribution in [1.29, 1.82) is 0 Å². The first kappa shape index (κ1) is 15.9. The van der Waals surface area contributed by atoms with Gasteiger partial charge in [0.05, 0.1) is 6.26 Å². The Morgan fingerprint density at radius 2 is 1.76 bits per heavy atom. The van der Waals surface area contributed by atoms with Crippen LogP contribution in [0.1, 0.15) is 18.0 Å². The van der Waals surface area contributed by atoms with Gasteiger partial charge in [-0.25, -0.2) is 8.42 Å². The number of sulfonamides is 1. The fourth-order valence-electron chi connectivity index (χ4n) is 2.40. The van der Waals surface area contributed by atoms with Gasteiger partial charge < -0.3 is 10.6 Å². The van der Waals surface area contributed by atoms with Crippen LogP contribution in [-0.2, 0) is 14.8 Å². The maximum Gasteiger partial charge on any atom is 0.224 e. The molecule has 116 valence electrons. The summed E-state index contributed by atoms with van der Waals surface area (Å²) in [6.45, 7) is 1.55. The summed E-state index contributed by atoms with van der Waals surface area (Å²) in [6, 6.07) is 9.17. The molecular weight excluding hydrogens is 290 g/mol. The number of amides is 1.